The Kier molecular flexibility index (Phi) is 5.71. The van der Waals surface area contributed by atoms with Crippen molar-refractivity contribution in [1.29, 1.82) is 5.26 Å². The molecule has 5 heteroatoms. The molecule has 86 valence electrons. The monoisotopic (exact) mass is 223 g/mol. The van der Waals surface area contributed by atoms with Crippen LogP contribution in [0.15, 0.2) is 12.2 Å². The molecule has 0 saturated heterocycles. The van der Waals surface area contributed by atoms with E-state index in [1.807, 2.05) is 0 Å². The first kappa shape index (κ1) is 14.0. The van der Waals surface area contributed by atoms with Gasteiger partial charge < -0.3 is 4.74 Å². The van der Waals surface area contributed by atoms with Gasteiger partial charge in [0.15, 0.2) is 6.10 Å². The van der Waals surface area contributed by atoms with Crippen LogP contribution in [0.25, 0.3) is 0 Å². The average molecular weight is 223 g/mol. The molecular formula is C11H13NO4. The predicted molar refractivity (Wildman–Crippen MR) is 55.2 cm³/mol. The van der Waals surface area contributed by atoms with Gasteiger partial charge >= 0.3 is 5.97 Å². The number of esters is 1. The van der Waals surface area contributed by atoms with Crippen molar-refractivity contribution in [1.82, 2.24) is 0 Å². The summed E-state index contributed by atoms with van der Waals surface area (Å²) in [5, 5.41) is 8.24. The maximum Gasteiger partial charge on any atom is 0.333 e. The molecule has 16 heavy (non-hydrogen) atoms. The lowest BCUT2D eigenvalue weighted by Gasteiger charge is -2.10. The fourth-order valence-corrected chi connectivity index (χ4v) is 0.834. The number of ether oxygens (including phenoxy) is 1. The van der Waals surface area contributed by atoms with Gasteiger partial charge in [0.1, 0.15) is 0 Å². The van der Waals surface area contributed by atoms with Crippen molar-refractivity contribution < 1.29 is 19.1 Å². The molecule has 0 radical (unpaired) electrons. The number of ketones is 2. The highest BCUT2D eigenvalue weighted by molar-refractivity contribution is 6.39. The van der Waals surface area contributed by atoms with Crippen LogP contribution in [0.2, 0.25) is 0 Å². The van der Waals surface area contributed by atoms with E-state index < -0.39 is 23.6 Å². The van der Waals surface area contributed by atoms with Crippen molar-refractivity contribution in [3.05, 3.63) is 12.2 Å². The van der Waals surface area contributed by atoms with Crippen molar-refractivity contribution in [3.63, 3.8) is 0 Å². The first-order valence-corrected chi connectivity index (χ1v) is 4.70. The van der Waals surface area contributed by atoms with Crippen LogP contribution in [0, 0.1) is 11.3 Å². The van der Waals surface area contributed by atoms with Gasteiger partial charge in [0.05, 0.1) is 6.07 Å². The number of carbonyl (C=O) groups excluding carboxylic acids is 3. The van der Waals surface area contributed by atoms with Crippen molar-refractivity contribution >= 4 is 17.5 Å². The van der Waals surface area contributed by atoms with Gasteiger partial charge in [-0.15, -0.1) is 0 Å². The Morgan fingerprint density at radius 3 is 2.44 bits per heavy atom. The summed E-state index contributed by atoms with van der Waals surface area (Å²) < 4.78 is 4.68. The maximum absolute atomic E-state index is 11.3. The van der Waals surface area contributed by atoms with E-state index in [4.69, 9.17) is 5.26 Å². The molecule has 1 unspecified atom stereocenters. The normalized spacial score (nSPS) is 11.1. The highest BCUT2D eigenvalue weighted by Gasteiger charge is 2.24. The molecule has 0 aliphatic heterocycles. The smallest absolute Gasteiger partial charge is 0.333 e. The SMILES string of the molecule is C=C(C)C(=O)OC(C)C(=O)C(=O)CCC#N. The van der Waals surface area contributed by atoms with E-state index >= 15 is 0 Å². The Morgan fingerprint density at radius 1 is 1.44 bits per heavy atom. The summed E-state index contributed by atoms with van der Waals surface area (Å²) in [6.07, 6.45) is -1.30. The fourth-order valence-electron chi connectivity index (χ4n) is 0.834. The van der Waals surface area contributed by atoms with Gasteiger partial charge in [-0.05, 0) is 13.8 Å². The molecule has 0 heterocycles. The largest absolute Gasteiger partial charge is 0.451 e. The number of rotatable bonds is 6. The van der Waals surface area contributed by atoms with Gasteiger partial charge in [0.2, 0.25) is 11.6 Å². The highest BCUT2D eigenvalue weighted by Crippen LogP contribution is 2.02. The molecular weight excluding hydrogens is 210 g/mol. The number of carbonyl (C=O) groups is 3. The van der Waals surface area contributed by atoms with E-state index in [0.29, 0.717) is 0 Å². The van der Waals surface area contributed by atoms with E-state index in [1.165, 1.54) is 13.8 Å². The second-order valence-electron chi connectivity index (χ2n) is 3.27. The lowest BCUT2D eigenvalue weighted by Crippen LogP contribution is -2.30. The van der Waals surface area contributed by atoms with E-state index in [-0.39, 0.29) is 18.4 Å². The second-order valence-corrected chi connectivity index (χ2v) is 3.27. The molecule has 0 aromatic carbocycles. The van der Waals surface area contributed by atoms with E-state index in [2.05, 4.69) is 11.3 Å². The molecule has 0 rings (SSSR count). The van der Waals surface area contributed by atoms with E-state index in [0.717, 1.165) is 0 Å². The molecule has 0 spiro atoms. The summed E-state index contributed by atoms with van der Waals surface area (Å²) in [4.78, 5) is 33.6. The molecule has 0 amide bonds. The molecule has 5 nitrogen and oxygen atoms in total. The van der Waals surface area contributed by atoms with Crippen LogP contribution in [-0.2, 0) is 19.1 Å². The molecule has 0 aromatic heterocycles. The highest BCUT2D eigenvalue weighted by atomic mass is 16.5. The standard InChI is InChI=1S/C11H13NO4/c1-7(2)11(15)16-8(3)10(14)9(13)5-4-6-12/h8H,1,4-5H2,2-3H3. The summed E-state index contributed by atoms with van der Waals surface area (Å²) in [6.45, 7) is 6.10. The Bertz CT molecular complexity index is 365. The van der Waals surface area contributed by atoms with Gasteiger partial charge in [-0.3, -0.25) is 9.59 Å². The van der Waals surface area contributed by atoms with Crippen LogP contribution >= 0.6 is 0 Å². The molecule has 0 aromatic rings. The minimum atomic E-state index is -1.13. The van der Waals surface area contributed by atoms with Crippen molar-refractivity contribution in [3.8, 4) is 6.07 Å². The predicted octanol–water partition coefficient (Wildman–Crippen LogP) is 0.936. The lowest BCUT2D eigenvalue weighted by molar-refractivity contribution is -0.153. The first-order chi connectivity index (χ1) is 7.40. The summed E-state index contributed by atoms with van der Waals surface area (Å²) in [7, 11) is 0. The molecule has 0 bridgehead atoms. The van der Waals surface area contributed by atoms with Crippen LogP contribution in [0.1, 0.15) is 26.7 Å². The zero-order valence-corrected chi connectivity index (χ0v) is 9.28. The van der Waals surface area contributed by atoms with Crippen LogP contribution in [0.4, 0.5) is 0 Å². The van der Waals surface area contributed by atoms with Gasteiger partial charge in [0, 0.05) is 18.4 Å². The molecule has 0 aliphatic carbocycles. The fraction of sp³-hybridized carbons (Fsp3) is 0.455. The van der Waals surface area contributed by atoms with Crippen LogP contribution in [0.5, 0.6) is 0 Å². The topological polar surface area (TPSA) is 84.2 Å². The van der Waals surface area contributed by atoms with E-state index in [9.17, 15) is 14.4 Å². The van der Waals surface area contributed by atoms with Crippen LogP contribution in [0.3, 0.4) is 0 Å². The minimum absolute atomic E-state index is 0.0221. The zero-order chi connectivity index (χ0) is 12.7. The number of hydrogen-bond donors (Lipinski definition) is 0. The second kappa shape index (κ2) is 6.51. The number of Topliss-reactive ketones (excluding diaryl/α,β-unsaturated/α-hetero) is 2. The Balaban J connectivity index is 4.29. The van der Waals surface area contributed by atoms with Crippen LogP contribution in [-0.4, -0.2) is 23.6 Å². The summed E-state index contributed by atoms with van der Waals surface area (Å²) >= 11 is 0. The maximum atomic E-state index is 11.3. The lowest BCUT2D eigenvalue weighted by atomic mass is 10.1. The van der Waals surface area contributed by atoms with Crippen molar-refractivity contribution in [2.75, 3.05) is 0 Å². The Morgan fingerprint density at radius 2 is 2.00 bits per heavy atom. The number of nitrogens with zero attached hydrogens (tertiary/aromatic N) is 1. The third-order valence-electron chi connectivity index (χ3n) is 1.74. The van der Waals surface area contributed by atoms with Crippen molar-refractivity contribution in [2.24, 2.45) is 0 Å². The van der Waals surface area contributed by atoms with Gasteiger partial charge in [-0.1, -0.05) is 6.58 Å². The quantitative estimate of drug-likeness (QED) is 0.380. The first-order valence-electron chi connectivity index (χ1n) is 4.70. The molecule has 0 fully saturated rings. The zero-order valence-electron chi connectivity index (χ0n) is 9.28. The summed E-state index contributed by atoms with van der Waals surface area (Å²) in [5.41, 5.74) is 0.157. The summed E-state index contributed by atoms with van der Waals surface area (Å²) in [5.74, 6) is -2.22. The number of nitriles is 1. The van der Waals surface area contributed by atoms with Gasteiger partial charge in [-0.2, -0.15) is 5.26 Å². The average Bonchev–Trinajstić information content (AvgIpc) is 2.24. The number of hydrogen-bond acceptors (Lipinski definition) is 5. The minimum Gasteiger partial charge on any atom is -0.451 e. The Hall–Kier alpha value is -1.96. The van der Waals surface area contributed by atoms with Crippen LogP contribution < -0.4 is 0 Å². The van der Waals surface area contributed by atoms with E-state index in [1.54, 1.807) is 6.07 Å². The molecule has 1 atom stereocenters. The van der Waals surface area contributed by atoms with Crippen molar-refractivity contribution in [2.45, 2.75) is 32.8 Å². The summed E-state index contributed by atoms with van der Waals surface area (Å²) in [6, 6.07) is 1.76. The molecule has 0 N–H and O–H groups in total. The Labute approximate surface area is 93.7 Å². The third kappa shape index (κ3) is 4.51. The molecule has 0 saturated carbocycles. The van der Waals surface area contributed by atoms with Gasteiger partial charge in [-0.25, -0.2) is 4.79 Å². The third-order valence-corrected chi connectivity index (χ3v) is 1.74. The molecule has 0 aliphatic rings. The van der Waals surface area contributed by atoms with Gasteiger partial charge in [0.25, 0.3) is 0 Å².